The molecule has 0 fully saturated rings. The average Bonchev–Trinajstić information content (AvgIpc) is 2.53. The van der Waals surface area contributed by atoms with Crippen LogP contribution in [0.25, 0.3) is 0 Å². The molecule has 0 aliphatic heterocycles. The Bertz CT molecular complexity index is 557. The highest BCUT2D eigenvalue weighted by Gasteiger charge is 2.15. The van der Waals surface area contributed by atoms with Crippen LogP contribution in [0.3, 0.4) is 0 Å². The van der Waals surface area contributed by atoms with Gasteiger partial charge in [0.1, 0.15) is 18.0 Å². The summed E-state index contributed by atoms with van der Waals surface area (Å²) in [5, 5.41) is 8.93. The number of rotatable bonds is 7. The summed E-state index contributed by atoms with van der Waals surface area (Å²) in [5.74, 6) is 1.50. The summed E-state index contributed by atoms with van der Waals surface area (Å²) < 4.78 is 10.8. The largest absolute Gasteiger partial charge is 0.492 e. The molecule has 1 aromatic carbocycles. The standard InChI is InChI=1S/C18H30N4O3.HI/c1-14-6-8-15(9-7-14)24-13-12-21-16(19-5)20-10-11-22-17(23)25-18(2,3)4;/h6-9H,10-13H2,1-5H3,(H,22,23)(H2,19,20,21);1H. The number of aryl methyl sites for hydroxylation is 1. The normalized spacial score (nSPS) is 11.2. The zero-order chi connectivity index (χ0) is 18.7. The number of nitrogens with zero attached hydrogens (tertiary/aromatic N) is 1. The van der Waals surface area contributed by atoms with E-state index in [-0.39, 0.29) is 24.0 Å². The lowest BCUT2D eigenvalue weighted by atomic mass is 10.2. The van der Waals surface area contributed by atoms with Gasteiger partial charge in [-0.3, -0.25) is 4.99 Å². The Balaban J connectivity index is 0.00000625. The molecule has 0 aliphatic carbocycles. The van der Waals surface area contributed by atoms with Crippen LogP contribution < -0.4 is 20.7 Å². The molecular formula is C18H31IN4O3. The van der Waals surface area contributed by atoms with Crippen molar-refractivity contribution in [1.82, 2.24) is 16.0 Å². The van der Waals surface area contributed by atoms with E-state index in [0.29, 0.717) is 32.2 Å². The summed E-state index contributed by atoms with van der Waals surface area (Å²) in [5.41, 5.74) is 0.710. The van der Waals surface area contributed by atoms with Crippen LogP contribution in [-0.2, 0) is 4.74 Å². The number of ether oxygens (including phenoxy) is 2. The Labute approximate surface area is 173 Å². The Hall–Kier alpha value is -1.71. The number of guanidine groups is 1. The van der Waals surface area contributed by atoms with Gasteiger partial charge in [-0.1, -0.05) is 17.7 Å². The zero-order valence-electron chi connectivity index (χ0n) is 16.2. The van der Waals surface area contributed by atoms with Gasteiger partial charge in [-0.2, -0.15) is 0 Å². The van der Waals surface area contributed by atoms with E-state index in [9.17, 15) is 4.79 Å². The predicted molar refractivity (Wildman–Crippen MR) is 116 cm³/mol. The molecule has 0 spiro atoms. The molecule has 8 heteroatoms. The third-order valence-electron chi connectivity index (χ3n) is 2.99. The van der Waals surface area contributed by atoms with E-state index in [0.717, 1.165) is 5.75 Å². The number of benzene rings is 1. The minimum atomic E-state index is -0.493. The van der Waals surface area contributed by atoms with Crippen LogP contribution in [0.1, 0.15) is 26.3 Å². The summed E-state index contributed by atoms with van der Waals surface area (Å²) >= 11 is 0. The second-order valence-corrected chi connectivity index (χ2v) is 6.52. The maximum atomic E-state index is 11.5. The van der Waals surface area contributed by atoms with Crippen molar-refractivity contribution in [2.24, 2.45) is 4.99 Å². The molecule has 1 rings (SSSR count). The maximum Gasteiger partial charge on any atom is 0.407 e. The second-order valence-electron chi connectivity index (χ2n) is 6.52. The first-order valence-corrected chi connectivity index (χ1v) is 8.41. The summed E-state index contributed by atoms with van der Waals surface area (Å²) in [7, 11) is 1.69. The molecule has 148 valence electrons. The fourth-order valence-corrected chi connectivity index (χ4v) is 1.85. The molecule has 1 amide bonds. The van der Waals surface area contributed by atoms with Crippen molar-refractivity contribution in [1.29, 1.82) is 0 Å². The minimum absolute atomic E-state index is 0. The van der Waals surface area contributed by atoms with Crippen molar-refractivity contribution in [2.45, 2.75) is 33.3 Å². The number of nitrogens with one attached hydrogen (secondary N) is 3. The number of halogens is 1. The van der Waals surface area contributed by atoms with E-state index in [1.54, 1.807) is 7.05 Å². The smallest absolute Gasteiger partial charge is 0.407 e. The van der Waals surface area contributed by atoms with Crippen molar-refractivity contribution < 1.29 is 14.3 Å². The van der Waals surface area contributed by atoms with Gasteiger partial charge in [0.2, 0.25) is 0 Å². The van der Waals surface area contributed by atoms with Crippen LogP contribution in [0.5, 0.6) is 5.75 Å². The van der Waals surface area contributed by atoms with Gasteiger partial charge in [0.25, 0.3) is 0 Å². The Morgan fingerprint density at radius 1 is 1.04 bits per heavy atom. The highest BCUT2D eigenvalue weighted by Crippen LogP contribution is 2.10. The van der Waals surface area contributed by atoms with Crippen molar-refractivity contribution in [3.05, 3.63) is 29.8 Å². The SMILES string of the molecule is CN=C(NCCNC(=O)OC(C)(C)C)NCCOc1ccc(C)cc1.I. The minimum Gasteiger partial charge on any atom is -0.492 e. The molecule has 3 N–H and O–H groups in total. The lowest BCUT2D eigenvalue weighted by molar-refractivity contribution is 0.0529. The topological polar surface area (TPSA) is 84.0 Å². The van der Waals surface area contributed by atoms with Crippen molar-refractivity contribution in [3.8, 4) is 5.75 Å². The number of amides is 1. The molecule has 0 radical (unpaired) electrons. The first kappa shape index (κ1) is 24.3. The average molecular weight is 478 g/mol. The number of hydrogen-bond acceptors (Lipinski definition) is 4. The Morgan fingerprint density at radius 2 is 1.62 bits per heavy atom. The van der Waals surface area contributed by atoms with E-state index in [2.05, 4.69) is 20.9 Å². The third kappa shape index (κ3) is 11.8. The van der Waals surface area contributed by atoms with Crippen LogP contribution in [0.2, 0.25) is 0 Å². The van der Waals surface area contributed by atoms with Crippen LogP contribution in [0.4, 0.5) is 4.79 Å². The highest BCUT2D eigenvalue weighted by molar-refractivity contribution is 14.0. The van der Waals surface area contributed by atoms with E-state index in [1.807, 2.05) is 52.0 Å². The van der Waals surface area contributed by atoms with E-state index < -0.39 is 11.7 Å². The molecule has 0 heterocycles. The number of hydrogen-bond donors (Lipinski definition) is 3. The quantitative estimate of drug-likeness (QED) is 0.243. The van der Waals surface area contributed by atoms with E-state index in [1.165, 1.54) is 5.56 Å². The van der Waals surface area contributed by atoms with Gasteiger partial charge in [0.05, 0.1) is 6.54 Å². The third-order valence-corrected chi connectivity index (χ3v) is 2.99. The van der Waals surface area contributed by atoms with Gasteiger partial charge in [0.15, 0.2) is 5.96 Å². The van der Waals surface area contributed by atoms with Crippen LogP contribution >= 0.6 is 24.0 Å². The maximum absolute atomic E-state index is 11.5. The molecule has 26 heavy (non-hydrogen) atoms. The van der Waals surface area contributed by atoms with Crippen LogP contribution in [0, 0.1) is 6.92 Å². The van der Waals surface area contributed by atoms with Crippen LogP contribution in [-0.4, -0.2) is 50.9 Å². The fraction of sp³-hybridized carbons (Fsp3) is 0.556. The van der Waals surface area contributed by atoms with Gasteiger partial charge in [-0.25, -0.2) is 4.79 Å². The number of carbonyl (C=O) groups is 1. The van der Waals surface area contributed by atoms with E-state index in [4.69, 9.17) is 9.47 Å². The molecule has 0 saturated carbocycles. The van der Waals surface area contributed by atoms with E-state index >= 15 is 0 Å². The van der Waals surface area contributed by atoms with Crippen molar-refractivity contribution >= 4 is 36.0 Å². The van der Waals surface area contributed by atoms with Gasteiger partial charge >= 0.3 is 6.09 Å². The molecular weight excluding hydrogens is 447 g/mol. The van der Waals surface area contributed by atoms with Crippen LogP contribution in [0.15, 0.2) is 29.3 Å². The molecule has 7 nitrogen and oxygen atoms in total. The van der Waals surface area contributed by atoms with Crippen molar-refractivity contribution in [3.63, 3.8) is 0 Å². The predicted octanol–water partition coefficient (Wildman–Crippen LogP) is 2.68. The summed E-state index contributed by atoms with van der Waals surface area (Å²) in [4.78, 5) is 15.6. The molecule has 0 bridgehead atoms. The summed E-state index contributed by atoms with van der Waals surface area (Å²) in [6.07, 6.45) is -0.427. The number of alkyl carbamates (subject to hydrolysis) is 1. The molecule has 0 unspecified atom stereocenters. The monoisotopic (exact) mass is 478 g/mol. The first-order valence-electron chi connectivity index (χ1n) is 8.41. The second kappa shape index (κ2) is 12.6. The molecule has 0 atom stereocenters. The van der Waals surface area contributed by atoms with Gasteiger partial charge in [0, 0.05) is 20.1 Å². The Kier molecular flexibility index (Phi) is 11.8. The molecule has 1 aromatic rings. The van der Waals surface area contributed by atoms with Gasteiger partial charge in [-0.05, 0) is 39.8 Å². The number of aliphatic imine (C=N–C) groups is 1. The fourth-order valence-electron chi connectivity index (χ4n) is 1.85. The highest BCUT2D eigenvalue weighted by atomic mass is 127. The number of carbonyl (C=O) groups excluding carboxylic acids is 1. The lowest BCUT2D eigenvalue weighted by Crippen LogP contribution is -2.43. The summed E-state index contributed by atoms with van der Waals surface area (Å²) in [6, 6.07) is 7.93. The lowest BCUT2D eigenvalue weighted by Gasteiger charge is -2.19. The molecule has 0 saturated heterocycles. The first-order chi connectivity index (χ1) is 11.8. The zero-order valence-corrected chi connectivity index (χ0v) is 18.5. The molecule has 0 aromatic heterocycles. The Morgan fingerprint density at radius 3 is 2.19 bits per heavy atom. The van der Waals surface area contributed by atoms with Crippen molar-refractivity contribution in [2.75, 3.05) is 33.3 Å². The van der Waals surface area contributed by atoms with Gasteiger partial charge < -0.3 is 25.4 Å². The summed E-state index contributed by atoms with van der Waals surface area (Å²) in [6.45, 7) is 9.65. The molecule has 0 aliphatic rings. The van der Waals surface area contributed by atoms with Gasteiger partial charge in [-0.15, -0.1) is 24.0 Å².